The van der Waals surface area contributed by atoms with Gasteiger partial charge in [-0.3, -0.25) is 9.59 Å². The van der Waals surface area contributed by atoms with Crippen LogP contribution in [0, 0.1) is 6.92 Å². The lowest BCUT2D eigenvalue weighted by Crippen LogP contribution is -2.22. The summed E-state index contributed by atoms with van der Waals surface area (Å²) in [4.78, 5) is 26.0. The first-order valence-corrected chi connectivity index (χ1v) is 7.58. The Kier molecular flexibility index (Phi) is 4.08. The number of aryl methyl sites for hydroxylation is 1. The van der Waals surface area contributed by atoms with Gasteiger partial charge in [0.25, 0.3) is 11.8 Å². The number of rotatable bonds is 3. The van der Waals surface area contributed by atoms with Gasteiger partial charge in [-0.25, -0.2) is 0 Å². The Morgan fingerprint density at radius 1 is 1.04 bits per heavy atom. The molecule has 2 amide bonds. The number of hydrogen-bond donors (Lipinski definition) is 1. The van der Waals surface area contributed by atoms with Gasteiger partial charge >= 0.3 is 0 Å². The summed E-state index contributed by atoms with van der Waals surface area (Å²) in [5.41, 5.74) is 2.53. The third-order valence-electron chi connectivity index (χ3n) is 3.82. The van der Waals surface area contributed by atoms with Crippen molar-refractivity contribution in [3.63, 3.8) is 0 Å². The number of benzene rings is 2. The lowest BCUT2D eigenvalue weighted by atomic mass is 10.1. The van der Waals surface area contributed by atoms with Gasteiger partial charge in [0.1, 0.15) is 5.58 Å². The van der Waals surface area contributed by atoms with E-state index in [1.807, 2.05) is 31.2 Å². The fourth-order valence-corrected chi connectivity index (χ4v) is 2.57. The summed E-state index contributed by atoms with van der Waals surface area (Å²) in [6.07, 6.45) is 0. The van der Waals surface area contributed by atoms with Crippen LogP contribution in [0.25, 0.3) is 11.0 Å². The minimum atomic E-state index is -0.335. The van der Waals surface area contributed by atoms with Crippen LogP contribution in [-0.2, 0) is 0 Å². The second-order valence-corrected chi connectivity index (χ2v) is 5.79. The number of carbonyl (C=O) groups is 2. The van der Waals surface area contributed by atoms with E-state index < -0.39 is 0 Å². The summed E-state index contributed by atoms with van der Waals surface area (Å²) >= 11 is 0. The molecule has 0 fully saturated rings. The van der Waals surface area contributed by atoms with Gasteiger partial charge in [-0.1, -0.05) is 24.3 Å². The Balaban J connectivity index is 1.88. The summed E-state index contributed by atoms with van der Waals surface area (Å²) in [5.74, 6) is -0.176. The molecule has 3 rings (SSSR count). The van der Waals surface area contributed by atoms with Crippen molar-refractivity contribution in [2.45, 2.75) is 6.92 Å². The van der Waals surface area contributed by atoms with Gasteiger partial charge in [-0.05, 0) is 31.2 Å². The van der Waals surface area contributed by atoms with Crippen LogP contribution in [0.5, 0.6) is 0 Å². The van der Waals surface area contributed by atoms with E-state index in [1.54, 1.807) is 38.4 Å². The standard InChI is InChI=1S/C19H18N2O3/c1-12-15-9-4-5-10-16(15)24-17(12)18(22)20-14-8-6-7-13(11-14)19(23)21(2)3/h4-11H,1-3H3,(H,20,22). The molecule has 5 heteroatoms. The summed E-state index contributed by atoms with van der Waals surface area (Å²) in [7, 11) is 3.37. The van der Waals surface area contributed by atoms with Gasteiger partial charge in [0.05, 0.1) is 0 Å². The van der Waals surface area contributed by atoms with Crippen LogP contribution in [0.15, 0.2) is 52.9 Å². The predicted molar refractivity (Wildman–Crippen MR) is 93.4 cm³/mol. The van der Waals surface area contributed by atoms with Gasteiger partial charge in [0, 0.05) is 36.3 Å². The van der Waals surface area contributed by atoms with Crippen LogP contribution in [0.1, 0.15) is 26.5 Å². The number of fused-ring (bicyclic) bond motifs is 1. The van der Waals surface area contributed by atoms with Crippen molar-refractivity contribution in [3.05, 3.63) is 65.4 Å². The van der Waals surface area contributed by atoms with E-state index in [0.29, 0.717) is 16.8 Å². The van der Waals surface area contributed by atoms with Crippen molar-refractivity contribution in [2.24, 2.45) is 0 Å². The first-order valence-electron chi connectivity index (χ1n) is 7.58. The van der Waals surface area contributed by atoms with E-state index in [1.165, 1.54) is 4.90 Å². The molecule has 0 unspecified atom stereocenters. The molecule has 0 spiro atoms. The van der Waals surface area contributed by atoms with E-state index in [0.717, 1.165) is 10.9 Å². The fourth-order valence-electron chi connectivity index (χ4n) is 2.57. The molecule has 0 radical (unpaired) electrons. The summed E-state index contributed by atoms with van der Waals surface area (Å²) in [6, 6.07) is 14.4. The van der Waals surface area contributed by atoms with Crippen molar-refractivity contribution in [3.8, 4) is 0 Å². The van der Waals surface area contributed by atoms with Gasteiger partial charge in [0.2, 0.25) is 0 Å². The molecule has 0 aliphatic rings. The van der Waals surface area contributed by atoms with Crippen LogP contribution < -0.4 is 5.32 Å². The molecular formula is C19H18N2O3. The molecule has 0 saturated carbocycles. The molecular weight excluding hydrogens is 304 g/mol. The number of anilines is 1. The van der Waals surface area contributed by atoms with Crippen molar-refractivity contribution < 1.29 is 14.0 Å². The summed E-state index contributed by atoms with van der Waals surface area (Å²) in [5, 5.41) is 3.71. The zero-order valence-corrected chi connectivity index (χ0v) is 13.8. The third-order valence-corrected chi connectivity index (χ3v) is 3.82. The van der Waals surface area contributed by atoms with Crippen molar-refractivity contribution in [1.82, 2.24) is 4.90 Å². The predicted octanol–water partition coefficient (Wildman–Crippen LogP) is 3.70. The molecule has 122 valence electrons. The maximum atomic E-state index is 12.5. The van der Waals surface area contributed by atoms with Gasteiger partial charge in [0.15, 0.2) is 5.76 Å². The Bertz CT molecular complexity index is 925. The van der Waals surface area contributed by atoms with Crippen LogP contribution in [0.2, 0.25) is 0 Å². The highest BCUT2D eigenvalue weighted by Gasteiger charge is 2.18. The molecule has 0 aliphatic heterocycles. The Morgan fingerprint density at radius 2 is 1.79 bits per heavy atom. The van der Waals surface area contributed by atoms with E-state index >= 15 is 0 Å². The lowest BCUT2D eigenvalue weighted by Gasteiger charge is -2.11. The lowest BCUT2D eigenvalue weighted by molar-refractivity contribution is 0.0827. The average molecular weight is 322 g/mol. The minimum Gasteiger partial charge on any atom is -0.451 e. The number of nitrogens with zero attached hydrogens (tertiary/aromatic N) is 1. The molecule has 5 nitrogen and oxygen atoms in total. The number of para-hydroxylation sites is 1. The Hall–Kier alpha value is -3.08. The Labute approximate surface area is 139 Å². The number of furan rings is 1. The average Bonchev–Trinajstić information content (AvgIpc) is 2.92. The monoisotopic (exact) mass is 322 g/mol. The molecule has 0 atom stereocenters. The zero-order chi connectivity index (χ0) is 17.3. The largest absolute Gasteiger partial charge is 0.451 e. The van der Waals surface area contributed by atoms with Crippen molar-refractivity contribution in [2.75, 3.05) is 19.4 Å². The van der Waals surface area contributed by atoms with Gasteiger partial charge in [-0.2, -0.15) is 0 Å². The second-order valence-electron chi connectivity index (χ2n) is 5.79. The molecule has 0 bridgehead atoms. The quantitative estimate of drug-likeness (QED) is 0.800. The van der Waals surface area contributed by atoms with Crippen LogP contribution in [0.3, 0.4) is 0 Å². The molecule has 1 aromatic heterocycles. The smallest absolute Gasteiger partial charge is 0.291 e. The zero-order valence-electron chi connectivity index (χ0n) is 13.8. The fraction of sp³-hybridized carbons (Fsp3) is 0.158. The highest BCUT2D eigenvalue weighted by molar-refractivity contribution is 6.07. The molecule has 1 N–H and O–H groups in total. The molecule has 0 aliphatic carbocycles. The minimum absolute atomic E-state index is 0.119. The van der Waals surface area contributed by atoms with E-state index in [9.17, 15) is 9.59 Å². The van der Waals surface area contributed by atoms with E-state index in [4.69, 9.17) is 4.42 Å². The van der Waals surface area contributed by atoms with E-state index in [-0.39, 0.29) is 17.6 Å². The number of hydrogen-bond acceptors (Lipinski definition) is 3. The van der Waals surface area contributed by atoms with E-state index in [2.05, 4.69) is 5.32 Å². The molecule has 0 saturated heterocycles. The second kappa shape index (κ2) is 6.20. The Morgan fingerprint density at radius 3 is 2.50 bits per heavy atom. The number of amides is 2. The molecule has 3 aromatic rings. The first-order chi connectivity index (χ1) is 11.5. The maximum Gasteiger partial charge on any atom is 0.291 e. The van der Waals surface area contributed by atoms with Crippen LogP contribution in [-0.4, -0.2) is 30.8 Å². The van der Waals surface area contributed by atoms with Crippen LogP contribution in [0.4, 0.5) is 5.69 Å². The first kappa shape index (κ1) is 15.8. The molecule has 2 aromatic carbocycles. The van der Waals surface area contributed by atoms with Gasteiger partial charge in [-0.15, -0.1) is 0 Å². The summed E-state index contributed by atoms with van der Waals surface area (Å²) < 4.78 is 5.66. The topological polar surface area (TPSA) is 62.6 Å². The summed E-state index contributed by atoms with van der Waals surface area (Å²) in [6.45, 7) is 1.85. The molecule has 24 heavy (non-hydrogen) atoms. The third kappa shape index (κ3) is 2.88. The van der Waals surface area contributed by atoms with Gasteiger partial charge < -0.3 is 14.6 Å². The van der Waals surface area contributed by atoms with Crippen molar-refractivity contribution >= 4 is 28.5 Å². The SMILES string of the molecule is Cc1c(C(=O)Nc2cccc(C(=O)N(C)C)c2)oc2ccccc12. The maximum absolute atomic E-state index is 12.5. The number of nitrogens with one attached hydrogen (secondary N) is 1. The molecule has 1 heterocycles. The number of carbonyl (C=O) groups excluding carboxylic acids is 2. The highest BCUT2D eigenvalue weighted by atomic mass is 16.3. The highest BCUT2D eigenvalue weighted by Crippen LogP contribution is 2.25. The van der Waals surface area contributed by atoms with Crippen molar-refractivity contribution in [1.29, 1.82) is 0 Å². The normalized spacial score (nSPS) is 10.6. The van der Waals surface area contributed by atoms with Crippen LogP contribution >= 0.6 is 0 Å².